The lowest BCUT2D eigenvalue weighted by Crippen LogP contribution is -2.01. The van der Waals surface area contributed by atoms with Crippen molar-refractivity contribution >= 4 is 22.7 Å². The Kier molecular flexibility index (Phi) is 7.62. The van der Waals surface area contributed by atoms with Crippen LogP contribution in [-0.4, -0.2) is 11.2 Å². The highest BCUT2D eigenvalue weighted by atomic mass is 32.1. The highest BCUT2D eigenvalue weighted by Crippen LogP contribution is 2.26. The van der Waals surface area contributed by atoms with Crippen LogP contribution in [0.4, 0.5) is 13.9 Å². The number of nitrogens with one attached hydrogen (secondary N) is 1. The van der Waals surface area contributed by atoms with Crippen LogP contribution in [0.2, 0.25) is 0 Å². The number of rotatable bonds is 9. The second-order valence-corrected chi connectivity index (χ2v) is 9.22. The summed E-state index contributed by atoms with van der Waals surface area (Å²) < 4.78 is 33.4. The van der Waals surface area contributed by atoms with E-state index in [4.69, 9.17) is 4.74 Å². The maximum absolute atomic E-state index is 13.8. The summed E-state index contributed by atoms with van der Waals surface area (Å²) in [5.74, 6) is 0.0438. The molecular weight excluding hydrogens is 488 g/mol. The van der Waals surface area contributed by atoms with Crippen molar-refractivity contribution in [2.75, 3.05) is 5.43 Å². The van der Waals surface area contributed by atoms with Crippen molar-refractivity contribution in [1.29, 1.82) is 0 Å². The van der Waals surface area contributed by atoms with Crippen LogP contribution in [0.1, 0.15) is 22.3 Å². The topological polar surface area (TPSA) is 46.5 Å². The molecule has 1 aromatic heterocycles. The Morgan fingerprint density at radius 2 is 1.59 bits per heavy atom. The molecule has 0 atom stereocenters. The van der Waals surface area contributed by atoms with E-state index in [0.29, 0.717) is 17.3 Å². The second-order valence-electron chi connectivity index (χ2n) is 8.37. The van der Waals surface area contributed by atoms with Crippen LogP contribution in [0, 0.1) is 11.6 Å². The van der Waals surface area contributed by atoms with Crippen molar-refractivity contribution < 1.29 is 13.5 Å². The zero-order valence-corrected chi connectivity index (χ0v) is 20.6. The normalized spacial score (nSPS) is 11.1. The highest BCUT2D eigenvalue weighted by molar-refractivity contribution is 7.14. The number of hydrazone groups is 1. The van der Waals surface area contributed by atoms with Gasteiger partial charge in [-0.3, -0.25) is 5.43 Å². The van der Waals surface area contributed by atoms with Gasteiger partial charge in [0.05, 0.1) is 11.9 Å². The van der Waals surface area contributed by atoms with Gasteiger partial charge in [-0.05, 0) is 64.7 Å². The van der Waals surface area contributed by atoms with Crippen LogP contribution in [0.15, 0.2) is 108 Å². The third kappa shape index (κ3) is 6.65. The quantitative estimate of drug-likeness (QED) is 0.163. The van der Waals surface area contributed by atoms with E-state index in [2.05, 4.69) is 15.5 Å². The van der Waals surface area contributed by atoms with Crippen LogP contribution in [0.3, 0.4) is 0 Å². The van der Waals surface area contributed by atoms with E-state index in [1.807, 2.05) is 66.0 Å². The summed E-state index contributed by atoms with van der Waals surface area (Å²) >= 11 is 1.48. The fraction of sp³-hybridized carbons (Fsp3) is 0.0667. The first-order valence-corrected chi connectivity index (χ1v) is 12.5. The second kappa shape index (κ2) is 11.6. The Labute approximate surface area is 217 Å². The predicted octanol–water partition coefficient (Wildman–Crippen LogP) is 7.70. The van der Waals surface area contributed by atoms with Crippen LogP contribution >= 0.6 is 11.3 Å². The summed E-state index contributed by atoms with van der Waals surface area (Å²) in [5, 5.41) is 7.01. The number of halogens is 2. The third-order valence-electron chi connectivity index (χ3n) is 5.60. The molecule has 0 aliphatic rings. The minimum Gasteiger partial charge on any atom is -0.489 e. The van der Waals surface area contributed by atoms with Gasteiger partial charge in [-0.25, -0.2) is 13.8 Å². The maximum Gasteiger partial charge on any atom is 0.203 e. The smallest absolute Gasteiger partial charge is 0.203 e. The minimum absolute atomic E-state index is 0.219. The Morgan fingerprint density at radius 1 is 0.838 bits per heavy atom. The average molecular weight is 512 g/mol. The molecule has 1 N–H and O–H groups in total. The van der Waals surface area contributed by atoms with Gasteiger partial charge in [-0.2, -0.15) is 5.10 Å². The van der Waals surface area contributed by atoms with Crippen molar-refractivity contribution in [3.05, 3.63) is 136 Å². The molecular formula is C30H23F2N3OS. The van der Waals surface area contributed by atoms with Crippen molar-refractivity contribution in [1.82, 2.24) is 4.98 Å². The van der Waals surface area contributed by atoms with Crippen LogP contribution in [0.25, 0.3) is 11.3 Å². The summed E-state index contributed by atoms with van der Waals surface area (Å²) in [7, 11) is 0. The molecule has 0 amide bonds. The number of aromatic nitrogens is 1. The summed E-state index contributed by atoms with van der Waals surface area (Å²) in [6, 6.07) is 28.4. The first kappa shape index (κ1) is 24.3. The molecule has 0 bridgehead atoms. The molecule has 4 nitrogen and oxygen atoms in total. The molecule has 37 heavy (non-hydrogen) atoms. The first-order valence-electron chi connectivity index (χ1n) is 11.7. The lowest BCUT2D eigenvalue weighted by atomic mass is 10.0. The molecule has 5 aromatic rings. The molecule has 1 heterocycles. The summed E-state index contributed by atoms with van der Waals surface area (Å²) in [6.07, 6.45) is 2.17. The average Bonchev–Trinajstić information content (AvgIpc) is 3.38. The van der Waals surface area contributed by atoms with Crippen molar-refractivity contribution in [3.8, 4) is 17.0 Å². The van der Waals surface area contributed by atoms with E-state index in [1.54, 1.807) is 18.3 Å². The molecule has 0 radical (unpaired) electrons. The highest BCUT2D eigenvalue weighted by Gasteiger charge is 2.09. The molecule has 0 saturated heterocycles. The molecule has 184 valence electrons. The monoisotopic (exact) mass is 511 g/mol. The minimum atomic E-state index is -0.309. The van der Waals surface area contributed by atoms with Gasteiger partial charge in [-0.15, -0.1) is 11.3 Å². The van der Waals surface area contributed by atoms with Crippen molar-refractivity contribution in [2.24, 2.45) is 5.10 Å². The van der Waals surface area contributed by atoms with E-state index in [-0.39, 0.29) is 18.2 Å². The van der Waals surface area contributed by atoms with Crippen molar-refractivity contribution in [2.45, 2.75) is 13.0 Å². The van der Waals surface area contributed by atoms with E-state index >= 15 is 0 Å². The van der Waals surface area contributed by atoms with Gasteiger partial charge in [-0.1, -0.05) is 54.6 Å². The van der Waals surface area contributed by atoms with E-state index in [1.165, 1.54) is 35.6 Å². The number of thiazole rings is 1. The summed E-state index contributed by atoms with van der Waals surface area (Å²) in [5.41, 5.74) is 8.18. The number of anilines is 1. The van der Waals surface area contributed by atoms with Crippen LogP contribution < -0.4 is 10.2 Å². The van der Waals surface area contributed by atoms with Gasteiger partial charge in [0.1, 0.15) is 24.0 Å². The molecule has 0 spiro atoms. The van der Waals surface area contributed by atoms with E-state index < -0.39 is 0 Å². The standard InChI is InChI=1S/C30H23F2N3OS/c31-26-10-4-6-21(16-26)14-25-15-22(12-13-29(25)36-19-23-7-5-11-27(32)17-23)18-33-35-30-34-28(20-37-30)24-8-2-1-3-9-24/h1-13,15-18,20H,14,19H2,(H,34,35). The van der Waals surface area contributed by atoms with Gasteiger partial charge in [0, 0.05) is 17.4 Å². The fourth-order valence-corrected chi connectivity index (χ4v) is 4.51. The zero-order valence-electron chi connectivity index (χ0n) is 19.8. The SMILES string of the molecule is Fc1cccc(COc2ccc(C=NNc3nc(-c4ccccc4)cs3)cc2Cc2cccc(F)c2)c1. The lowest BCUT2D eigenvalue weighted by Gasteiger charge is -2.13. The Morgan fingerprint density at radius 3 is 2.38 bits per heavy atom. The largest absolute Gasteiger partial charge is 0.489 e. The Bertz CT molecular complexity index is 1520. The van der Waals surface area contributed by atoms with Gasteiger partial charge < -0.3 is 4.74 Å². The van der Waals surface area contributed by atoms with Crippen LogP contribution in [-0.2, 0) is 13.0 Å². The molecule has 0 aliphatic heterocycles. The van der Waals surface area contributed by atoms with Gasteiger partial charge in [0.25, 0.3) is 0 Å². The molecule has 0 unspecified atom stereocenters. The number of nitrogens with zero attached hydrogens (tertiary/aromatic N) is 2. The van der Waals surface area contributed by atoms with Gasteiger partial charge >= 0.3 is 0 Å². The number of benzene rings is 4. The molecule has 7 heteroatoms. The Balaban J connectivity index is 1.32. The zero-order chi connectivity index (χ0) is 25.5. The predicted molar refractivity (Wildman–Crippen MR) is 145 cm³/mol. The summed E-state index contributed by atoms with van der Waals surface area (Å²) in [6.45, 7) is 0.219. The first-order chi connectivity index (χ1) is 18.1. The molecule has 0 fully saturated rings. The fourth-order valence-electron chi connectivity index (χ4n) is 3.84. The Hall–Kier alpha value is -4.36. The molecule has 4 aromatic carbocycles. The summed E-state index contributed by atoms with van der Waals surface area (Å²) in [4.78, 5) is 4.58. The van der Waals surface area contributed by atoms with Crippen LogP contribution in [0.5, 0.6) is 5.75 Å². The number of hydrogen-bond acceptors (Lipinski definition) is 5. The van der Waals surface area contributed by atoms with Gasteiger partial charge in [0.15, 0.2) is 0 Å². The lowest BCUT2D eigenvalue weighted by molar-refractivity contribution is 0.303. The molecule has 0 saturated carbocycles. The molecule has 0 aliphatic carbocycles. The number of hydrogen-bond donors (Lipinski definition) is 1. The third-order valence-corrected chi connectivity index (χ3v) is 6.35. The van der Waals surface area contributed by atoms with E-state index in [9.17, 15) is 8.78 Å². The molecule has 5 rings (SSSR count). The van der Waals surface area contributed by atoms with Gasteiger partial charge in [0.2, 0.25) is 5.13 Å². The number of ether oxygens (including phenoxy) is 1. The maximum atomic E-state index is 13.8. The van der Waals surface area contributed by atoms with E-state index in [0.717, 1.165) is 33.5 Å². The van der Waals surface area contributed by atoms with Crippen molar-refractivity contribution in [3.63, 3.8) is 0 Å².